The molecule has 2 aliphatic carbocycles. The minimum atomic E-state index is -1.86. The van der Waals surface area contributed by atoms with Gasteiger partial charge in [0.2, 0.25) is 0 Å². The molecule has 0 fully saturated rings. The minimum absolute atomic E-state index is 1.21. The van der Waals surface area contributed by atoms with Gasteiger partial charge in [0.15, 0.2) is 0 Å². The molecule has 2 heteroatoms. The third-order valence-corrected chi connectivity index (χ3v) is 16.2. The SMILES string of the molecule is C1=CC[C]([Hf]([C]2=CC=CC2)[c]2cccs2)=C1. The second-order valence-electron chi connectivity index (χ2n) is 4.00. The van der Waals surface area contributed by atoms with Crippen molar-refractivity contribution < 1.29 is 21.4 Å². The number of hydrogen-bond donors (Lipinski definition) is 0. The molecule has 0 saturated heterocycles. The summed E-state index contributed by atoms with van der Waals surface area (Å²) in [6.45, 7) is 0. The zero-order chi connectivity index (χ0) is 10.8. The zero-order valence-corrected chi connectivity index (χ0v) is 13.4. The molecule has 0 radical (unpaired) electrons. The van der Waals surface area contributed by atoms with Crippen LogP contribution in [0.4, 0.5) is 0 Å². The topological polar surface area (TPSA) is 0 Å². The van der Waals surface area contributed by atoms with Gasteiger partial charge in [-0.15, -0.1) is 0 Å². The Morgan fingerprint density at radius 1 is 1.00 bits per heavy atom. The van der Waals surface area contributed by atoms with E-state index in [9.17, 15) is 0 Å². The van der Waals surface area contributed by atoms with Gasteiger partial charge in [0, 0.05) is 0 Å². The standard InChI is InChI=1S/2C5H5.C4H3S.Hf/c3*1-2-4-5-3-1;/h2*1-3H,4H2;1-3H;. The molecule has 1 aromatic heterocycles. The quantitative estimate of drug-likeness (QED) is 0.690. The van der Waals surface area contributed by atoms with Crippen LogP contribution in [0.2, 0.25) is 0 Å². The van der Waals surface area contributed by atoms with E-state index in [1.807, 2.05) is 11.3 Å². The zero-order valence-electron chi connectivity index (χ0n) is 9.02. The molecular weight excluding hydrogens is 379 g/mol. The average molecular weight is 392 g/mol. The summed E-state index contributed by atoms with van der Waals surface area (Å²) in [5.74, 6) is 0. The maximum atomic E-state index is 2.38. The molecule has 0 atom stereocenters. The number of thiophene rings is 1. The fourth-order valence-corrected chi connectivity index (χ4v) is 15.8. The van der Waals surface area contributed by atoms with Crippen molar-refractivity contribution >= 4 is 14.0 Å². The van der Waals surface area contributed by atoms with E-state index in [0.29, 0.717) is 0 Å². The Kier molecular flexibility index (Phi) is 3.20. The van der Waals surface area contributed by atoms with Crippen LogP contribution in [0.15, 0.2) is 60.6 Å². The normalized spacial score (nSPS) is 17.8. The van der Waals surface area contributed by atoms with Crippen LogP contribution < -0.4 is 2.63 Å². The van der Waals surface area contributed by atoms with Crippen molar-refractivity contribution in [1.29, 1.82) is 0 Å². The van der Waals surface area contributed by atoms with Crippen LogP contribution in [-0.4, -0.2) is 0 Å². The molecule has 3 rings (SSSR count). The Morgan fingerprint density at radius 2 is 1.69 bits per heavy atom. The maximum absolute atomic E-state index is 2.38. The summed E-state index contributed by atoms with van der Waals surface area (Å²) in [5, 5.41) is 2.23. The first-order chi connectivity index (χ1) is 7.95. The predicted octanol–water partition coefficient (Wildman–Crippen LogP) is 3.68. The van der Waals surface area contributed by atoms with E-state index in [1.165, 1.54) is 12.8 Å². The van der Waals surface area contributed by atoms with Gasteiger partial charge in [-0.3, -0.25) is 0 Å². The van der Waals surface area contributed by atoms with Gasteiger partial charge in [-0.1, -0.05) is 0 Å². The van der Waals surface area contributed by atoms with Crippen molar-refractivity contribution in [2.24, 2.45) is 0 Å². The molecule has 16 heavy (non-hydrogen) atoms. The van der Waals surface area contributed by atoms with Crippen molar-refractivity contribution in [1.82, 2.24) is 0 Å². The van der Waals surface area contributed by atoms with Crippen LogP contribution in [0.1, 0.15) is 12.8 Å². The van der Waals surface area contributed by atoms with E-state index in [-0.39, 0.29) is 0 Å². The summed E-state index contributed by atoms with van der Waals surface area (Å²) in [5.41, 5.74) is 0. The van der Waals surface area contributed by atoms with E-state index in [4.69, 9.17) is 0 Å². The molecule has 0 aliphatic heterocycles. The average Bonchev–Trinajstić information content (AvgIpc) is 3.02. The van der Waals surface area contributed by atoms with Crippen molar-refractivity contribution in [3.63, 3.8) is 0 Å². The number of hydrogen-bond acceptors (Lipinski definition) is 1. The van der Waals surface area contributed by atoms with Gasteiger partial charge in [0.05, 0.1) is 0 Å². The molecule has 0 nitrogen and oxygen atoms in total. The van der Waals surface area contributed by atoms with Crippen LogP contribution in [0, 0.1) is 0 Å². The van der Waals surface area contributed by atoms with Crippen LogP contribution in [0.5, 0.6) is 0 Å². The van der Waals surface area contributed by atoms with Crippen molar-refractivity contribution in [2.75, 3.05) is 0 Å². The number of rotatable bonds is 3. The molecule has 1 heterocycles. The summed E-state index contributed by atoms with van der Waals surface area (Å²) < 4.78 is 5.19. The predicted molar refractivity (Wildman–Crippen MR) is 67.6 cm³/mol. The summed E-state index contributed by atoms with van der Waals surface area (Å²) >= 11 is 0.103. The summed E-state index contributed by atoms with van der Waals surface area (Å²) in [4.78, 5) is 0. The van der Waals surface area contributed by atoms with E-state index >= 15 is 0 Å². The summed E-state index contributed by atoms with van der Waals surface area (Å²) in [6, 6.07) is 4.56. The molecule has 0 aromatic carbocycles. The first-order valence-electron chi connectivity index (χ1n) is 5.58. The summed E-state index contributed by atoms with van der Waals surface area (Å²) in [7, 11) is 0. The van der Waals surface area contributed by atoms with E-state index in [2.05, 4.69) is 54.0 Å². The van der Waals surface area contributed by atoms with Gasteiger partial charge in [0.25, 0.3) is 0 Å². The Hall–Kier alpha value is -0.470. The Bertz CT molecular complexity index is 459. The molecule has 0 amide bonds. The van der Waals surface area contributed by atoms with Gasteiger partial charge in [-0.05, 0) is 0 Å². The van der Waals surface area contributed by atoms with Gasteiger partial charge in [-0.2, -0.15) is 0 Å². The molecule has 0 saturated carbocycles. The Labute approximate surface area is 108 Å². The van der Waals surface area contributed by atoms with E-state index < -0.39 is 21.4 Å². The first-order valence-corrected chi connectivity index (χ1v) is 11.8. The van der Waals surface area contributed by atoms with Crippen molar-refractivity contribution in [3.05, 3.63) is 60.6 Å². The molecule has 1 aromatic rings. The first kappa shape index (κ1) is 10.7. The Balaban J connectivity index is 1.95. The monoisotopic (exact) mass is 393 g/mol. The van der Waals surface area contributed by atoms with Crippen LogP contribution >= 0.6 is 11.3 Å². The van der Waals surface area contributed by atoms with Crippen molar-refractivity contribution in [2.45, 2.75) is 12.8 Å². The summed E-state index contributed by atoms with van der Waals surface area (Å²) in [6.07, 6.45) is 16.2. The number of allylic oxidation sites excluding steroid dienone is 8. The third-order valence-electron chi connectivity index (χ3n) is 2.95. The van der Waals surface area contributed by atoms with Crippen molar-refractivity contribution in [3.8, 4) is 0 Å². The van der Waals surface area contributed by atoms with Crippen LogP contribution in [0.3, 0.4) is 0 Å². The fourth-order valence-electron chi connectivity index (χ4n) is 2.21. The molecule has 0 bridgehead atoms. The van der Waals surface area contributed by atoms with E-state index in [0.717, 1.165) is 0 Å². The van der Waals surface area contributed by atoms with Gasteiger partial charge in [0.1, 0.15) is 0 Å². The van der Waals surface area contributed by atoms with Gasteiger partial charge < -0.3 is 0 Å². The Morgan fingerprint density at radius 3 is 2.12 bits per heavy atom. The van der Waals surface area contributed by atoms with Gasteiger partial charge in [-0.25, -0.2) is 0 Å². The van der Waals surface area contributed by atoms with Crippen LogP contribution in [0.25, 0.3) is 0 Å². The molecule has 0 unspecified atom stereocenters. The third kappa shape index (κ3) is 2.01. The molecule has 0 spiro atoms. The fraction of sp³-hybridized carbons (Fsp3) is 0.143. The van der Waals surface area contributed by atoms with E-state index in [1.54, 1.807) is 9.29 Å². The second-order valence-corrected chi connectivity index (χ2v) is 15.5. The molecule has 79 valence electrons. The second kappa shape index (κ2) is 4.80. The molecular formula is C14H13HfS. The van der Waals surface area contributed by atoms with Crippen LogP contribution in [-0.2, 0) is 21.4 Å². The molecule has 0 N–H and O–H groups in total. The molecule has 2 aliphatic rings. The van der Waals surface area contributed by atoms with Gasteiger partial charge >= 0.3 is 109 Å².